The highest BCUT2D eigenvalue weighted by Gasteiger charge is 2.29. The van der Waals surface area contributed by atoms with Crippen LogP contribution in [0.5, 0.6) is 0 Å². The first kappa shape index (κ1) is 24.8. The third kappa shape index (κ3) is 5.74. The molecule has 0 aliphatic carbocycles. The molecule has 0 bridgehead atoms. The zero-order chi connectivity index (χ0) is 24.9. The standard InChI is InChI=1S/C22H18ClFN4O5S/c1-15-6-9-18(10-7-15)34(32,33)27(21-5-3-2-4-20(21)24)14-22(29)26-25-13-16-12-17(28(30)31)8-11-19(16)23/h2-13H,14H2,1H3,(H,26,29)/b25-13-. The largest absolute Gasteiger partial charge is 0.271 e. The smallest absolute Gasteiger partial charge is 0.270 e. The summed E-state index contributed by atoms with van der Waals surface area (Å²) in [6.07, 6.45) is 1.08. The number of hydrazone groups is 1. The van der Waals surface area contributed by atoms with E-state index in [4.69, 9.17) is 11.6 Å². The molecule has 0 atom stereocenters. The monoisotopic (exact) mass is 504 g/mol. The van der Waals surface area contributed by atoms with Gasteiger partial charge in [0.1, 0.15) is 12.4 Å². The van der Waals surface area contributed by atoms with Crippen molar-refractivity contribution < 1.29 is 22.5 Å². The average Bonchev–Trinajstić information content (AvgIpc) is 2.79. The van der Waals surface area contributed by atoms with Gasteiger partial charge in [-0.25, -0.2) is 18.2 Å². The molecule has 0 spiro atoms. The van der Waals surface area contributed by atoms with Crippen molar-refractivity contribution in [1.29, 1.82) is 0 Å². The van der Waals surface area contributed by atoms with E-state index in [1.54, 1.807) is 19.1 Å². The van der Waals surface area contributed by atoms with Crippen molar-refractivity contribution in [2.75, 3.05) is 10.8 Å². The van der Waals surface area contributed by atoms with Crippen LogP contribution in [0.3, 0.4) is 0 Å². The molecule has 0 saturated heterocycles. The molecule has 0 aromatic heterocycles. The van der Waals surface area contributed by atoms with E-state index >= 15 is 0 Å². The SMILES string of the molecule is Cc1ccc(S(=O)(=O)N(CC(=O)N/N=C\c2cc([N+](=O)[O-])ccc2Cl)c2ccccc2F)cc1. The number of nitrogens with zero attached hydrogens (tertiary/aromatic N) is 3. The maximum absolute atomic E-state index is 14.5. The highest BCUT2D eigenvalue weighted by molar-refractivity contribution is 7.92. The van der Waals surface area contributed by atoms with E-state index in [2.05, 4.69) is 10.5 Å². The minimum atomic E-state index is -4.30. The number of nitro groups is 1. The number of hydrogen-bond acceptors (Lipinski definition) is 6. The summed E-state index contributed by atoms with van der Waals surface area (Å²) in [7, 11) is -4.30. The van der Waals surface area contributed by atoms with Crippen molar-refractivity contribution in [3.8, 4) is 0 Å². The van der Waals surface area contributed by atoms with Gasteiger partial charge >= 0.3 is 0 Å². The quantitative estimate of drug-likeness (QED) is 0.282. The molecule has 3 aromatic rings. The van der Waals surface area contributed by atoms with Crippen LogP contribution in [0.2, 0.25) is 5.02 Å². The highest BCUT2D eigenvalue weighted by atomic mass is 35.5. The number of hydrogen-bond donors (Lipinski definition) is 1. The fourth-order valence-corrected chi connectivity index (χ4v) is 4.47. The summed E-state index contributed by atoms with van der Waals surface area (Å²) < 4.78 is 41.6. The van der Waals surface area contributed by atoms with Crippen LogP contribution in [-0.2, 0) is 14.8 Å². The van der Waals surface area contributed by atoms with Crippen LogP contribution in [0.25, 0.3) is 0 Å². The number of nitrogens with one attached hydrogen (secondary N) is 1. The molecule has 0 aliphatic rings. The summed E-state index contributed by atoms with van der Waals surface area (Å²) in [5, 5.41) is 14.8. The molecule has 34 heavy (non-hydrogen) atoms. The lowest BCUT2D eigenvalue weighted by Crippen LogP contribution is -2.40. The second-order valence-corrected chi connectivity index (χ2v) is 9.30. The molecular formula is C22H18ClFN4O5S. The van der Waals surface area contributed by atoms with Crippen LogP contribution in [-0.4, -0.2) is 32.0 Å². The summed E-state index contributed by atoms with van der Waals surface area (Å²) in [6, 6.07) is 14.7. The van der Waals surface area contributed by atoms with Gasteiger partial charge in [-0.3, -0.25) is 19.2 Å². The third-order valence-electron chi connectivity index (χ3n) is 4.60. The van der Waals surface area contributed by atoms with E-state index < -0.39 is 33.2 Å². The molecule has 0 radical (unpaired) electrons. The minimum absolute atomic E-state index is 0.124. The molecular weight excluding hydrogens is 487 g/mol. The number of aryl methyl sites for hydroxylation is 1. The number of non-ortho nitro benzene ring substituents is 1. The Morgan fingerprint density at radius 1 is 1.18 bits per heavy atom. The van der Waals surface area contributed by atoms with Crippen molar-refractivity contribution >= 4 is 45.1 Å². The fraction of sp³-hybridized carbons (Fsp3) is 0.0909. The number of anilines is 1. The topological polar surface area (TPSA) is 122 Å². The first-order chi connectivity index (χ1) is 16.1. The minimum Gasteiger partial charge on any atom is -0.271 e. The Bertz CT molecular complexity index is 1360. The van der Waals surface area contributed by atoms with Gasteiger partial charge in [0.25, 0.3) is 21.6 Å². The second kappa shape index (κ2) is 10.4. The molecule has 0 unspecified atom stereocenters. The number of para-hydroxylation sites is 1. The molecule has 12 heteroatoms. The molecule has 1 amide bonds. The van der Waals surface area contributed by atoms with Gasteiger partial charge in [-0.1, -0.05) is 41.4 Å². The molecule has 0 saturated carbocycles. The molecule has 0 heterocycles. The number of nitro benzene ring substituents is 1. The van der Waals surface area contributed by atoms with E-state index in [1.165, 1.54) is 42.5 Å². The van der Waals surface area contributed by atoms with Crippen LogP contribution in [0.4, 0.5) is 15.8 Å². The predicted octanol–water partition coefficient (Wildman–Crippen LogP) is 4.04. The molecule has 1 N–H and O–H groups in total. The maximum Gasteiger partial charge on any atom is 0.270 e. The number of benzene rings is 3. The Morgan fingerprint density at radius 2 is 1.85 bits per heavy atom. The van der Waals surface area contributed by atoms with Crippen molar-refractivity contribution in [3.63, 3.8) is 0 Å². The number of rotatable bonds is 8. The van der Waals surface area contributed by atoms with E-state index in [0.29, 0.717) is 4.31 Å². The number of sulfonamides is 1. The normalized spacial score (nSPS) is 11.4. The van der Waals surface area contributed by atoms with Gasteiger partial charge in [0, 0.05) is 22.7 Å². The second-order valence-electron chi connectivity index (χ2n) is 7.03. The summed E-state index contributed by atoms with van der Waals surface area (Å²) in [6.45, 7) is 1.00. The van der Waals surface area contributed by atoms with Gasteiger partial charge in [-0.2, -0.15) is 5.10 Å². The Labute approximate surface area is 199 Å². The molecule has 3 aromatic carbocycles. The van der Waals surface area contributed by atoms with Gasteiger partial charge < -0.3 is 0 Å². The average molecular weight is 505 g/mol. The number of carbonyl (C=O) groups excluding carboxylic acids is 1. The summed E-state index contributed by atoms with van der Waals surface area (Å²) in [5.74, 6) is -1.71. The molecule has 3 rings (SSSR count). The van der Waals surface area contributed by atoms with Crippen LogP contribution >= 0.6 is 11.6 Å². The van der Waals surface area contributed by atoms with Crippen molar-refractivity contribution in [1.82, 2.24) is 5.43 Å². The molecule has 9 nitrogen and oxygen atoms in total. The summed E-state index contributed by atoms with van der Waals surface area (Å²) >= 11 is 5.98. The lowest BCUT2D eigenvalue weighted by molar-refractivity contribution is -0.384. The third-order valence-corrected chi connectivity index (χ3v) is 6.72. The van der Waals surface area contributed by atoms with Crippen molar-refractivity contribution in [2.45, 2.75) is 11.8 Å². The van der Waals surface area contributed by atoms with Crippen molar-refractivity contribution in [2.24, 2.45) is 5.10 Å². The molecule has 176 valence electrons. The van der Waals surface area contributed by atoms with E-state index in [1.807, 2.05) is 0 Å². The Kier molecular flexibility index (Phi) is 7.59. The number of amides is 1. The summed E-state index contributed by atoms with van der Waals surface area (Å²) in [5.41, 5.74) is 2.57. The molecule has 0 fully saturated rings. The highest BCUT2D eigenvalue weighted by Crippen LogP contribution is 2.26. The maximum atomic E-state index is 14.5. The first-order valence-electron chi connectivity index (χ1n) is 9.69. The number of carbonyl (C=O) groups is 1. The van der Waals surface area contributed by atoms with Gasteiger partial charge in [-0.15, -0.1) is 0 Å². The van der Waals surface area contributed by atoms with Gasteiger partial charge in [-0.05, 0) is 37.3 Å². The van der Waals surface area contributed by atoms with E-state index in [9.17, 15) is 27.7 Å². The Hall–Kier alpha value is -3.83. The lowest BCUT2D eigenvalue weighted by Gasteiger charge is -2.24. The zero-order valence-corrected chi connectivity index (χ0v) is 19.3. The summed E-state index contributed by atoms with van der Waals surface area (Å²) in [4.78, 5) is 22.7. The van der Waals surface area contributed by atoms with Gasteiger partial charge in [0.15, 0.2) is 0 Å². The van der Waals surface area contributed by atoms with E-state index in [0.717, 1.165) is 23.9 Å². The lowest BCUT2D eigenvalue weighted by atomic mass is 10.2. The van der Waals surface area contributed by atoms with Gasteiger partial charge in [0.2, 0.25) is 0 Å². The van der Waals surface area contributed by atoms with Crippen LogP contribution in [0, 0.1) is 22.9 Å². The van der Waals surface area contributed by atoms with Crippen LogP contribution < -0.4 is 9.73 Å². The predicted molar refractivity (Wildman–Crippen MR) is 126 cm³/mol. The first-order valence-corrected chi connectivity index (χ1v) is 11.5. The number of halogens is 2. The Morgan fingerprint density at radius 3 is 2.50 bits per heavy atom. The fourth-order valence-electron chi connectivity index (χ4n) is 2.87. The Balaban J connectivity index is 1.86. The van der Waals surface area contributed by atoms with Crippen LogP contribution in [0.1, 0.15) is 11.1 Å². The van der Waals surface area contributed by atoms with E-state index in [-0.39, 0.29) is 26.9 Å². The van der Waals surface area contributed by atoms with Gasteiger partial charge in [0.05, 0.1) is 21.7 Å². The zero-order valence-electron chi connectivity index (χ0n) is 17.7. The molecule has 0 aliphatic heterocycles. The van der Waals surface area contributed by atoms with Crippen LogP contribution in [0.15, 0.2) is 76.7 Å². The van der Waals surface area contributed by atoms with Crippen molar-refractivity contribution in [3.05, 3.63) is 98.8 Å².